The van der Waals surface area contributed by atoms with E-state index in [9.17, 15) is 0 Å². The molecule has 4 aromatic carbocycles. The predicted molar refractivity (Wildman–Crippen MR) is 128 cm³/mol. The van der Waals surface area contributed by atoms with Crippen molar-refractivity contribution >= 4 is 34.1 Å². The van der Waals surface area contributed by atoms with Crippen molar-refractivity contribution in [2.75, 3.05) is 16.0 Å². The summed E-state index contributed by atoms with van der Waals surface area (Å²) in [7, 11) is 0. The van der Waals surface area contributed by atoms with E-state index in [4.69, 9.17) is 5.73 Å². The van der Waals surface area contributed by atoms with Gasteiger partial charge in [-0.2, -0.15) is 0 Å². The summed E-state index contributed by atoms with van der Waals surface area (Å²) in [5, 5.41) is 3.54. The first kappa shape index (κ1) is 18.3. The maximum atomic E-state index is 6.12. The molecule has 1 aliphatic rings. The van der Waals surface area contributed by atoms with Crippen molar-refractivity contribution in [1.29, 1.82) is 0 Å². The second-order valence-corrected chi connectivity index (χ2v) is 8.07. The molecular weight excluding hydrogens is 366 g/mol. The van der Waals surface area contributed by atoms with Crippen LogP contribution in [-0.4, -0.2) is 0 Å². The van der Waals surface area contributed by atoms with Crippen molar-refractivity contribution < 1.29 is 0 Å². The molecule has 3 heteroatoms. The maximum absolute atomic E-state index is 6.12. The number of nitrogen functional groups attached to an aromatic ring is 1. The van der Waals surface area contributed by atoms with Gasteiger partial charge >= 0.3 is 0 Å². The van der Waals surface area contributed by atoms with E-state index in [1.807, 2.05) is 6.07 Å². The quantitative estimate of drug-likeness (QED) is 0.325. The van der Waals surface area contributed by atoms with Gasteiger partial charge in [0.2, 0.25) is 0 Å². The summed E-state index contributed by atoms with van der Waals surface area (Å²) in [6, 6.07) is 30.0. The second-order valence-electron chi connectivity index (χ2n) is 8.07. The minimum absolute atomic E-state index is 0.801. The van der Waals surface area contributed by atoms with Gasteiger partial charge in [0.25, 0.3) is 0 Å². The topological polar surface area (TPSA) is 41.3 Å². The molecule has 0 aliphatic carbocycles. The lowest BCUT2D eigenvalue weighted by molar-refractivity contribution is 1.09. The molecule has 4 aromatic rings. The van der Waals surface area contributed by atoms with Crippen molar-refractivity contribution in [3.63, 3.8) is 0 Å². The Labute approximate surface area is 177 Å². The van der Waals surface area contributed by atoms with Crippen molar-refractivity contribution in [2.24, 2.45) is 0 Å². The third-order valence-electron chi connectivity index (χ3n) is 5.68. The summed E-state index contributed by atoms with van der Waals surface area (Å²) in [4.78, 5) is 2.34. The molecule has 148 valence electrons. The minimum atomic E-state index is 0.801. The molecule has 3 nitrogen and oxygen atoms in total. The van der Waals surface area contributed by atoms with Gasteiger partial charge < -0.3 is 16.0 Å². The van der Waals surface area contributed by atoms with Gasteiger partial charge in [0, 0.05) is 40.5 Å². The average Bonchev–Trinajstić information content (AvgIpc) is 2.74. The molecule has 0 aromatic heterocycles. The lowest BCUT2D eigenvalue weighted by Gasteiger charge is -2.34. The van der Waals surface area contributed by atoms with Gasteiger partial charge in [-0.1, -0.05) is 35.4 Å². The number of nitrogens with one attached hydrogen (secondary N) is 1. The number of aryl methyl sites for hydroxylation is 2. The van der Waals surface area contributed by atoms with Gasteiger partial charge in [-0.3, -0.25) is 0 Å². The number of nitrogens with zero attached hydrogens (tertiary/aromatic N) is 1. The van der Waals surface area contributed by atoms with Crippen LogP contribution in [0.2, 0.25) is 0 Å². The summed E-state index contributed by atoms with van der Waals surface area (Å²) < 4.78 is 0. The summed E-state index contributed by atoms with van der Waals surface area (Å²) in [5.41, 5.74) is 17.7. The highest BCUT2D eigenvalue weighted by atomic mass is 15.2. The lowest BCUT2D eigenvalue weighted by atomic mass is 9.94. The maximum Gasteiger partial charge on any atom is 0.0498 e. The van der Waals surface area contributed by atoms with Crippen LogP contribution in [0.4, 0.5) is 34.1 Å². The monoisotopic (exact) mass is 391 g/mol. The van der Waals surface area contributed by atoms with E-state index in [0.717, 1.165) is 29.2 Å². The number of rotatable bonds is 3. The average molecular weight is 392 g/mol. The molecule has 1 heterocycles. The molecule has 0 atom stereocenters. The summed E-state index contributed by atoms with van der Waals surface area (Å²) in [6.45, 7) is 4.22. The fourth-order valence-corrected chi connectivity index (χ4v) is 4.10. The van der Waals surface area contributed by atoms with Crippen LogP contribution < -0.4 is 16.0 Å². The smallest absolute Gasteiger partial charge is 0.0498 e. The summed E-state index contributed by atoms with van der Waals surface area (Å²) in [6.07, 6.45) is 0.863. The lowest BCUT2D eigenvalue weighted by Crippen LogP contribution is -2.19. The van der Waals surface area contributed by atoms with Crippen LogP contribution >= 0.6 is 0 Å². The van der Waals surface area contributed by atoms with Crippen molar-refractivity contribution in [3.05, 3.63) is 107 Å². The van der Waals surface area contributed by atoms with Crippen LogP contribution in [0.3, 0.4) is 0 Å². The van der Waals surface area contributed by atoms with Gasteiger partial charge in [-0.25, -0.2) is 0 Å². The standard InChI is InChI=1S/C27H25N3/c1-18-3-8-23(9-4-18)29-24-10-14-27-21(17-24)15-20-16-22(28)7-13-26(20)30(27)25-11-5-19(2)6-12-25/h3-14,16-17,29H,15,28H2,1-2H3. The van der Waals surface area contributed by atoms with Gasteiger partial charge in [0.15, 0.2) is 0 Å². The van der Waals surface area contributed by atoms with Crippen LogP contribution in [0.5, 0.6) is 0 Å². The first-order valence-corrected chi connectivity index (χ1v) is 10.3. The zero-order chi connectivity index (χ0) is 20.7. The SMILES string of the molecule is Cc1ccc(Nc2ccc3c(c2)Cc2cc(N)ccc2N3c2ccc(C)cc2)cc1. The highest BCUT2D eigenvalue weighted by Gasteiger charge is 2.24. The first-order valence-electron chi connectivity index (χ1n) is 10.3. The van der Waals surface area contributed by atoms with Gasteiger partial charge in [0.05, 0.1) is 0 Å². The van der Waals surface area contributed by atoms with Crippen LogP contribution in [0.1, 0.15) is 22.3 Å². The van der Waals surface area contributed by atoms with Gasteiger partial charge in [-0.15, -0.1) is 0 Å². The first-order chi connectivity index (χ1) is 14.6. The third kappa shape index (κ3) is 3.39. The minimum Gasteiger partial charge on any atom is -0.399 e. The molecule has 0 radical (unpaired) electrons. The predicted octanol–water partition coefficient (Wildman–Crippen LogP) is 7.00. The van der Waals surface area contributed by atoms with E-state index >= 15 is 0 Å². The van der Waals surface area contributed by atoms with Crippen molar-refractivity contribution in [1.82, 2.24) is 0 Å². The van der Waals surface area contributed by atoms with E-state index in [2.05, 4.69) is 103 Å². The number of benzene rings is 4. The Hall–Kier alpha value is -3.72. The van der Waals surface area contributed by atoms with E-state index in [-0.39, 0.29) is 0 Å². The van der Waals surface area contributed by atoms with E-state index in [1.165, 1.54) is 33.6 Å². The number of hydrogen-bond donors (Lipinski definition) is 2. The van der Waals surface area contributed by atoms with E-state index < -0.39 is 0 Å². The molecule has 0 bridgehead atoms. The zero-order valence-corrected chi connectivity index (χ0v) is 17.3. The normalized spacial score (nSPS) is 12.3. The van der Waals surface area contributed by atoms with E-state index in [0.29, 0.717) is 0 Å². The van der Waals surface area contributed by atoms with E-state index in [1.54, 1.807) is 0 Å². The molecule has 0 amide bonds. The molecule has 30 heavy (non-hydrogen) atoms. The molecule has 1 aliphatic heterocycles. The third-order valence-corrected chi connectivity index (χ3v) is 5.68. The fraction of sp³-hybridized carbons (Fsp3) is 0.111. The molecule has 0 saturated carbocycles. The Bertz CT molecular complexity index is 1210. The number of hydrogen-bond acceptors (Lipinski definition) is 3. The molecular formula is C27H25N3. The highest BCUT2D eigenvalue weighted by molar-refractivity contribution is 5.85. The van der Waals surface area contributed by atoms with Gasteiger partial charge in [0.1, 0.15) is 0 Å². The Balaban J connectivity index is 1.58. The number of nitrogens with two attached hydrogens (primary N) is 1. The zero-order valence-electron chi connectivity index (χ0n) is 17.3. The van der Waals surface area contributed by atoms with Crippen LogP contribution in [0.25, 0.3) is 0 Å². The Morgan fingerprint density at radius 1 is 0.667 bits per heavy atom. The Morgan fingerprint density at radius 3 is 1.93 bits per heavy atom. The molecule has 0 spiro atoms. The van der Waals surface area contributed by atoms with Crippen molar-refractivity contribution in [2.45, 2.75) is 20.3 Å². The van der Waals surface area contributed by atoms with Crippen molar-refractivity contribution in [3.8, 4) is 0 Å². The number of fused-ring (bicyclic) bond motifs is 2. The molecule has 0 fully saturated rings. The molecule has 5 rings (SSSR count). The molecule has 0 saturated heterocycles. The largest absolute Gasteiger partial charge is 0.399 e. The van der Waals surface area contributed by atoms with Crippen LogP contribution in [-0.2, 0) is 6.42 Å². The number of anilines is 6. The fourth-order valence-electron chi connectivity index (χ4n) is 4.10. The van der Waals surface area contributed by atoms with Crippen LogP contribution in [0, 0.1) is 13.8 Å². The molecule has 0 unspecified atom stereocenters. The highest BCUT2D eigenvalue weighted by Crippen LogP contribution is 2.45. The molecule has 3 N–H and O–H groups in total. The Morgan fingerprint density at radius 2 is 1.23 bits per heavy atom. The second kappa shape index (κ2) is 7.27. The Kier molecular flexibility index (Phi) is 4.44. The van der Waals surface area contributed by atoms with Crippen LogP contribution in [0.15, 0.2) is 84.9 Å². The summed E-state index contributed by atoms with van der Waals surface area (Å²) in [5.74, 6) is 0. The van der Waals surface area contributed by atoms with Gasteiger partial charge in [-0.05, 0) is 85.6 Å². The summed E-state index contributed by atoms with van der Waals surface area (Å²) >= 11 is 0.